The van der Waals surface area contributed by atoms with Gasteiger partial charge in [0.2, 0.25) is 11.8 Å². The van der Waals surface area contributed by atoms with Crippen molar-refractivity contribution in [1.29, 1.82) is 0 Å². The summed E-state index contributed by atoms with van der Waals surface area (Å²) >= 11 is 3.78. The van der Waals surface area contributed by atoms with Gasteiger partial charge in [0, 0.05) is 106 Å². The lowest BCUT2D eigenvalue weighted by Crippen LogP contribution is -2.53. The first-order valence-corrected chi connectivity index (χ1v) is 21.4. The van der Waals surface area contributed by atoms with Crippen LogP contribution in [0.2, 0.25) is 0 Å². The first-order chi connectivity index (χ1) is 29.8. The Balaban J connectivity index is 0.854. The van der Waals surface area contributed by atoms with Crippen LogP contribution in [0.1, 0.15) is 63.1 Å². The summed E-state index contributed by atoms with van der Waals surface area (Å²) in [5.74, 6) is -0.687. The van der Waals surface area contributed by atoms with E-state index < -0.39 is 29.6 Å². The number of benzene rings is 3. The predicted octanol–water partition coefficient (Wildman–Crippen LogP) is 6.27. The number of imide groups is 1. The van der Waals surface area contributed by atoms with E-state index in [0.29, 0.717) is 36.0 Å². The van der Waals surface area contributed by atoms with Crippen LogP contribution in [0.3, 0.4) is 0 Å². The van der Waals surface area contributed by atoms with Crippen molar-refractivity contribution in [3.05, 3.63) is 99.2 Å². The zero-order valence-electron chi connectivity index (χ0n) is 34.3. The van der Waals surface area contributed by atoms with E-state index in [0.717, 1.165) is 86.1 Å². The molecule has 0 saturated carbocycles. The Hall–Kier alpha value is -5.72. The van der Waals surface area contributed by atoms with Gasteiger partial charge in [0.1, 0.15) is 17.6 Å². The van der Waals surface area contributed by atoms with Gasteiger partial charge in [-0.2, -0.15) is 13.2 Å². The molecule has 4 aliphatic rings. The molecule has 0 radical (unpaired) electrons. The summed E-state index contributed by atoms with van der Waals surface area (Å²) in [7, 11) is 2.99. The fourth-order valence-electron chi connectivity index (χ4n) is 8.83. The highest BCUT2D eigenvalue weighted by atomic mass is 79.9. The number of ether oxygens (including phenoxy) is 1. The summed E-state index contributed by atoms with van der Waals surface area (Å²) in [6, 6.07) is 17.0. The number of aromatic nitrogens is 1. The number of nitrogens with zero attached hydrogens (tertiary/aromatic N) is 5. The molecule has 0 aliphatic carbocycles. The van der Waals surface area contributed by atoms with E-state index in [-0.39, 0.29) is 41.0 Å². The third-order valence-electron chi connectivity index (χ3n) is 12.2. The van der Waals surface area contributed by atoms with Crippen LogP contribution in [-0.2, 0) is 28.9 Å². The summed E-state index contributed by atoms with van der Waals surface area (Å²) in [5, 5.41) is 10.8. The van der Waals surface area contributed by atoms with Gasteiger partial charge in [0.05, 0.1) is 35.3 Å². The molecule has 1 aromatic heterocycles. The lowest BCUT2D eigenvalue weighted by molar-refractivity contribution is -0.138. The molecule has 0 spiro atoms. The van der Waals surface area contributed by atoms with Crippen molar-refractivity contribution in [3.8, 4) is 5.75 Å². The number of fused-ring (bicyclic) bond motifs is 1. The zero-order chi connectivity index (χ0) is 43.7. The van der Waals surface area contributed by atoms with Crippen LogP contribution in [0.5, 0.6) is 5.75 Å². The molecule has 4 aromatic rings. The number of nitrogens with one attached hydrogen (secondary N) is 4. The standard InChI is InChI=1S/C44H47BrF3N9O5/c1-49-41(59)30-5-3-4-6-33(30)51-35-22-38(50-23-32(35)44(46,47)48)52-34-10-8-28(21-37(34)62-2)55-15-13-27(14-16-55)56-19-17-54(18-20-56)24-26-7-9-29-31(40(26)45)25-57(43(29)61)36-11-12-39(58)53-42(36)60/h3-10,21-23,27,36H,11-20,24-25H2,1-2H3,(H,49,59)(H2,50,51,52)(H,53,58,60). The number of anilines is 5. The van der Waals surface area contributed by atoms with Gasteiger partial charge in [-0.3, -0.25) is 34.3 Å². The Morgan fingerprint density at radius 3 is 2.39 bits per heavy atom. The Kier molecular flexibility index (Phi) is 12.4. The molecule has 62 heavy (non-hydrogen) atoms. The number of carbonyl (C=O) groups excluding carboxylic acids is 4. The largest absolute Gasteiger partial charge is 0.494 e. The minimum absolute atomic E-state index is 0.152. The van der Waals surface area contributed by atoms with Gasteiger partial charge in [0.25, 0.3) is 11.8 Å². The molecule has 0 bridgehead atoms. The first-order valence-electron chi connectivity index (χ1n) is 20.6. The third-order valence-corrected chi connectivity index (χ3v) is 13.2. The van der Waals surface area contributed by atoms with Gasteiger partial charge in [-0.25, -0.2) is 4.98 Å². The number of piperazine rings is 1. The van der Waals surface area contributed by atoms with Crippen molar-refractivity contribution in [2.45, 2.75) is 57.0 Å². The molecule has 18 heteroatoms. The molecule has 1 unspecified atom stereocenters. The van der Waals surface area contributed by atoms with E-state index >= 15 is 0 Å². The monoisotopic (exact) mass is 917 g/mol. The molecule has 3 fully saturated rings. The van der Waals surface area contributed by atoms with Crippen molar-refractivity contribution < 1.29 is 37.1 Å². The lowest BCUT2D eigenvalue weighted by atomic mass is 10.0. The van der Waals surface area contributed by atoms with Gasteiger partial charge in [-0.15, -0.1) is 0 Å². The van der Waals surface area contributed by atoms with Gasteiger partial charge in [0.15, 0.2) is 0 Å². The summed E-state index contributed by atoms with van der Waals surface area (Å²) in [6.07, 6.45) is -1.41. The minimum atomic E-state index is -4.70. The van der Waals surface area contributed by atoms with Crippen molar-refractivity contribution in [3.63, 3.8) is 0 Å². The Labute approximate surface area is 365 Å². The van der Waals surface area contributed by atoms with Gasteiger partial charge in [-0.05, 0) is 60.7 Å². The van der Waals surface area contributed by atoms with Crippen molar-refractivity contribution >= 4 is 68.1 Å². The number of pyridine rings is 1. The molecule has 3 saturated heterocycles. The molecule has 5 heterocycles. The van der Waals surface area contributed by atoms with E-state index in [1.165, 1.54) is 25.2 Å². The Morgan fingerprint density at radius 2 is 1.68 bits per heavy atom. The number of piperidine rings is 2. The van der Waals surface area contributed by atoms with Crippen LogP contribution < -0.4 is 30.9 Å². The molecule has 326 valence electrons. The molecular formula is C44H47BrF3N9O5. The van der Waals surface area contributed by atoms with Crippen LogP contribution in [0.15, 0.2) is 71.3 Å². The highest BCUT2D eigenvalue weighted by molar-refractivity contribution is 9.10. The second-order valence-electron chi connectivity index (χ2n) is 15.9. The number of halogens is 4. The summed E-state index contributed by atoms with van der Waals surface area (Å²) in [4.78, 5) is 62.8. The smallest absolute Gasteiger partial charge is 0.419 e. The molecular weight excluding hydrogens is 871 g/mol. The van der Waals surface area contributed by atoms with E-state index in [9.17, 15) is 32.3 Å². The number of carbonyl (C=O) groups is 4. The molecule has 4 amide bonds. The SMILES string of the molecule is CNC(=O)c1ccccc1Nc1cc(Nc2ccc(N3CCC(N4CCN(Cc5ccc6c(c5Br)CN(C5CCC(=O)NC5=O)C6=O)CC4)CC3)cc2OC)ncc1C(F)(F)F. The second-order valence-corrected chi connectivity index (χ2v) is 16.7. The van der Waals surface area contributed by atoms with Crippen molar-refractivity contribution in [2.75, 3.05) is 69.0 Å². The van der Waals surface area contributed by atoms with Gasteiger partial charge in [-0.1, -0.05) is 34.1 Å². The average Bonchev–Trinajstić information content (AvgIpc) is 3.60. The maximum absolute atomic E-state index is 14.1. The minimum Gasteiger partial charge on any atom is -0.494 e. The summed E-state index contributed by atoms with van der Waals surface area (Å²) in [5.41, 5.74) is 3.24. The molecule has 4 aliphatic heterocycles. The molecule has 8 rings (SSSR count). The van der Waals surface area contributed by atoms with E-state index in [1.54, 1.807) is 24.1 Å². The topological polar surface area (TPSA) is 151 Å². The van der Waals surface area contributed by atoms with Crippen LogP contribution in [-0.4, -0.2) is 109 Å². The number of rotatable bonds is 11. The van der Waals surface area contributed by atoms with Crippen LogP contribution >= 0.6 is 15.9 Å². The highest BCUT2D eigenvalue weighted by Crippen LogP contribution is 2.40. The maximum atomic E-state index is 14.1. The number of alkyl halides is 3. The fourth-order valence-corrected chi connectivity index (χ4v) is 9.43. The van der Waals surface area contributed by atoms with E-state index in [4.69, 9.17) is 4.74 Å². The first kappa shape index (κ1) is 42.9. The van der Waals surface area contributed by atoms with Crippen molar-refractivity contribution in [2.24, 2.45) is 0 Å². The second kappa shape index (κ2) is 17.9. The Bertz CT molecular complexity index is 2380. The van der Waals surface area contributed by atoms with Crippen LogP contribution in [0.25, 0.3) is 0 Å². The Morgan fingerprint density at radius 1 is 0.919 bits per heavy atom. The number of hydrogen-bond acceptors (Lipinski definition) is 11. The molecule has 14 nitrogen and oxygen atoms in total. The molecule has 3 aromatic carbocycles. The predicted molar refractivity (Wildman–Crippen MR) is 231 cm³/mol. The van der Waals surface area contributed by atoms with Gasteiger partial charge < -0.3 is 30.5 Å². The third kappa shape index (κ3) is 8.94. The van der Waals surface area contributed by atoms with Crippen LogP contribution in [0, 0.1) is 0 Å². The maximum Gasteiger partial charge on any atom is 0.419 e. The number of methoxy groups -OCH3 is 1. The lowest BCUT2D eigenvalue weighted by Gasteiger charge is -2.43. The number of hydrogen-bond donors (Lipinski definition) is 4. The van der Waals surface area contributed by atoms with Crippen molar-refractivity contribution in [1.82, 2.24) is 30.3 Å². The highest BCUT2D eigenvalue weighted by Gasteiger charge is 2.40. The average molecular weight is 919 g/mol. The normalized spacial score (nSPS) is 19.0. The number of amides is 4. The molecule has 1 atom stereocenters. The van der Waals surface area contributed by atoms with Gasteiger partial charge >= 0.3 is 6.18 Å². The fraction of sp³-hybridized carbons (Fsp3) is 0.386. The summed E-state index contributed by atoms with van der Waals surface area (Å²) in [6.45, 7) is 6.47. The zero-order valence-corrected chi connectivity index (χ0v) is 35.9. The van der Waals surface area contributed by atoms with Crippen LogP contribution in [0.4, 0.5) is 41.7 Å². The number of para-hydroxylation sites is 1. The van der Waals surface area contributed by atoms with E-state index in [1.807, 2.05) is 30.3 Å². The summed E-state index contributed by atoms with van der Waals surface area (Å²) < 4.78 is 48.9. The van der Waals surface area contributed by atoms with E-state index in [2.05, 4.69) is 56.9 Å². The quantitative estimate of drug-likeness (QED) is 0.126. The molecule has 4 N–H and O–H groups in total.